The van der Waals surface area contributed by atoms with E-state index in [0.717, 1.165) is 11.3 Å². The molecule has 0 aliphatic heterocycles. The maximum atomic E-state index is 11.6. The van der Waals surface area contributed by atoms with Crippen LogP contribution in [-0.2, 0) is 4.74 Å². The highest BCUT2D eigenvalue weighted by atomic mass is 16.5. The number of carbonyl (C=O) groups is 1. The molecule has 2 aromatic rings. The number of pyridine rings is 1. The van der Waals surface area contributed by atoms with Crippen LogP contribution in [0, 0.1) is 0 Å². The topological polar surface area (TPSA) is 43.6 Å². The lowest BCUT2D eigenvalue weighted by atomic mass is 9.85. The van der Waals surface area contributed by atoms with Gasteiger partial charge in [-0.15, -0.1) is 0 Å². The van der Waals surface area contributed by atoms with Crippen LogP contribution in [0.25, 0.3) is 5.52 Å². The Kier molecular flexibility index (Phi) is 2.35. The summed E-state index contributed by atoms with van der Waals surface area (Å²) in [5, 5.41) is 0. The zero-order valence-corrected chi connectivity index (χ0v) is 9.72. The molecule has 17 heavy (non-hydrogen) atoms. The van der Waals surface area contributed by atoms with Crippen molar-refractivity contribution in [3.63, 3.8) is 0 Å². The molecule has 0 bridgehead atoms. The van der Waals surface area contributed by atoms with Gasteiger partial charge in [-0.1, -0.05) is 6.42 Å². The second-order valence-electron chi connectivity index (χ2n) is 4.41. The Morgan fingerprint density at radius 1 is 1.53 bits per heavy atom. The smallest absolute Gasteiger partial charge is 0.340 e. The van der Waals surface area contributed by atoms with Gasteiger partial charge in [0.2, 0.25) is 0 Å². The van der Waals surface area contributed by atoms with Crippen molar-refractivity contribution in [2.75, 3.05) is 7.11 Å². The highest BCUT2D eigenvalue weighted by molar-refractivity contribution is 5.96. The fourth-order valence-electron chi connectivity index (χ4n) is 2.29. The summed E-state index contributed by atoms with van der Waals surface area (Å²) in [6.45, 7) is 0. The van der Waals surface area contributed by atoms with E-state index in [0.29, 0.717) is 11.5 Å². The molecule has 0 aromatic carbocycles. The predicted octanol–water partition coefficient (Wildman–Crippen LogP) is 2.39. The van der Waals surface area contributed by atoms with E-state index in [2.05, 4.69) is 4.98 Å². The van der Waals surface area contributed by atoms with E-state index in [1.807, 2.05) is 16.7 Å². The quantitative estimate of drug-likeness (QED) is 0.744. The highest BCUT2D eigenvalue weighted by Crippen LogP contribution is 2.35. The molecule has 1 fully saturated rings. The van der Waals surface area contributed by atoms with E-state index in [1.165, 1.54) is 26.4 Å². The third kappa shape index (κ3) is 1.52. The molecule has 0 unspecified atom stereocenters. The van der Waals surface area contributed by atoms with Gasteiger partial charge in [0.1, 0.15) is 5.82 Å². The first kappa shape index (κ1) is 10.3. The largest absolute Gasteiger partial charge is 0.465 e. The molecule has 88 valence electrons. The maximum absolute atomic E-state index is 11.6. The number of esters is 1. The monoisotopic (exact) mass is 230 g/mol. The zero-order valence-electron chi connectivity index (χ0n) is 9.72. The number of ether oxygens (including phenoxy) is 1. The third-order valence-corrected chi connectivity index (χ3v) is 3.48. The summed E-state index contributed by atoms with van der Waals surface area (Å²) >= 11 is 0. The number of hydrogen-bond acceptors (Lipinski definition) is 3. The first-order valence-corrected chi connectivity index (χ1v) is 5.85. The van der Waals surface area contributed by atoms with Crippen LogP contribution >= 0.6 is 0 Å². The van der Waals surface area contributed by atoms with E-state index in [-0.39, 0.29) is 5.97 Å². The minimum absolute atomic E-state index is 0.310. The summed E-state index contributed by atoms with van der Waals surface area (Å²) in [4.78, 5) is 16.1. The Morgan fingerprint density at radius 2 is 2.35 bits per heavy atom. The standard InChI is InChI=1S/C13H14N2O2/c1-17-13(16)10-6-3-7-15-11(10)8-14-12(15)9-4-2-5-9/h3,6-9H,2,4-5H2,1H3. The Bertz CT molecular complexity index is 570. The van der Waals surface area contributed by atoms with Gasteiger partial charge >= 0.3 is 5.97 Å². The van der Waals surface area contributed by atoms with Crippen LogP contribution in [0.4, 0.5) is 0 Å². The number of carbonyl (C=O) groups excluding carboxylic acids is 1. The van der Waals surface area contributed by atoms with E-state index < -0.39 is 0 Å². The first-order chi connectivity index (χ1) is 8.31. The maximum Gasteiger partial charge on any atom is 0.340 e. The van der Waals surface area contributed by atoms with Crippen molar-refractivity contribution in [2.24, 2.45) is 0 Å². The average Bonchev–Trinajstić information content (AvgIpc) is 2.70. The van der Waals surface area contributed by atoms with E-state index in [1.54, 1.807) is 12.3 Å². The van der Waals surface area contributed by atoms with E-state index in [4.69, 9.17) is 4.74 Å². The molecule has 4 heteroatoms. The average molecular weight is 230 g/mol. The van der Waals surface area contributed by atoms with Crippen LogP contribution < -0.4 is 0 Å². The normalized spacial score (nSPS) is 15.8. The molecule has 1 aliphatic carbocycles. The molecule has 0 atom stereocenters. The van der Waals surface area contributed by atoms with E-state index in [9.17, 15) is 4.79 Å². The molecule has 2 heterocycles. The number of hydrogen-bond donors (Lipinski definition) is 0. The summed E-state index contributed by atoms with van der Waals surface area (Å²) in [6.07, 6.45) is 7.39. The predicted molar refractivity (Wildman–Crippen MR) is 63.1 cm³/mol. The molecule has 2 aromatic heterocycles. The van der Waals surface area contributed by atoms with Crippen LogP contribution in [-0.4, -0.2) is 22.5 Å². The van der Waals surface area contributed by atoms with Crippen molar-refractivity contribution in [3.05, 3.63) is 35.9 Å². The molecule has 1 aliphatic rings. The van der Waals surface area contributed by atoms with Gasteiger partial charge in [-0.2, -0.15) is 0 Å². The molecular weight excluding hydrogens is 216 g/mol. The van der Waals surface area contributed by atoms with Crippen LogP contribution in [0.2, 0.25) is 0 Å². The van der Waals surface area contributed by atoms with Crippen molar-refractivity contribution in [1.29, 1.82) is 0 Å². The molecule has 1 saturated carbocycles. The van der Waals surface area contributed by atoms with Crippen molar-refractivity contribution in [2.45, 2.75) is 25.2 Å². The molecule has 0 saturated heterocycles. The van der Waals surface area contributed by atoms with Crippen molar-refractivity contribution >= 4 is 11.5 Å². The highest BCUT2D eigenvalue weighted by Gasteiger charge is 2.24. The van der Waals surface area contributed by atoms with Crippen molar-refractivity contribution in [3.8, 4) is 0 Å². The Labute approximate surface area is 99.2 Å². The Hall–Kier alpha value is -1.84. The van der Waals surface area contributed by atoms with Gasteiger partial charge < -0.3 is 9.14 Å². The molecule has 0 N–H and O–H groups in total. The Morgan fingerprint density at radius 3 is 3.00 bits per heavy atom. The molecular formula is C13H14N2O2. The van der Waals surface area contributed by atoms with Crippen molar-refractivity contribution < 1.29 is 9.53 Å². The summed E-state index contributed by atoms with van der Waals surface area (Å²) in [6, 6.07) is 3.64. The summed E-state index contributed by atoms with van der Waals surface area (Å²) in [5.41, 5.74) is 1.41. The summed E-state index contributed by atoms with van der Waals surface area (Å²) < 4.78 is 6.78. The fraction of sp³-hybridized carbons (Fsp3) is 0.385. The van der Waals surface area contributed by atoms with Gasteiger partial charge in [0.05, 0.1) is 24.4 Å². The number of methoxy groups -OCH3 is 1. The lowest BCUT2D eigenvalue weighted by molar-refractivity contribution is 0.0602. The number of fused-ring (bicyclic) bond motifs is 1. The van der Waals surface area contributed by atoms with Gasteiger partial charge in [-0.05, 0) is 25.0 Å². The second kappa shape index (κ2) is 3.87. The van der Waals surface area contributed by atoms with Crippen LogP contribution in [0.5, 0.6) is 0 Å². The van der Waals surface area contributed by atoms with Crippen LogP contribution in [0.1, 0.15) is 41.4 Å². The van der Waals surface area contributed by atoms with Gasteiger partial charge in [0.25, 0.3) is 0 Å². The SMILES string of the molecule is COC(=O)c1cccn2c(C3CCC3)ncc12. The summed E-state index contributed by atoms with van der Waals surface area (Å²) in [5.74, 6) is 1.30. The van der Waals surface area contributed by atoms with Crippen LogP contribution in [0.15, 0.2) is 24.5 Å². The minimum atomic E-state index is -0.310. The molecule has 4 nitrogen and oxygen atoms in total. The first-order valence-electron chi connectivity index (χ1n) is 5.85. The molecule has 3 rings (SSSR count). The Balaban J connectivity index is 2.14. The molecule has 0 spiro atoms. The van der Waals surface area contributed by atoms with Crippen LogP contribution in [0.3, 0.4) is 0 Å². The lowest BCUT2D eigenvalue weighted by Gasteiger charge is -2.24. The van der Waals surface area contributed by atoms with Gasteiger partial charge in [0.15, 0.2) is 0 Å². The second-order valence-corrected chi connectivity index (χ2v) is 4.41. The van der Waals surface area contributed by atoms with Gasteiger partial charge in [-0.25, -0.2) is 9.78 Å². The lowest BCUT2D eigenvalue weighted by Crippen LogP contribution is -2.13. The third-order valence-electron chi connectivity index (χ3n) is 3.48. The molecule has 0 radical (unpaired) electrons. The van der Waals surface area contributed by atoms with Crippen molar-refractivity contribution in [1.82, 2.24) is 9.38 Å². The van der Waals surface area contributed by atoms with Gasteiger partial charge in [0, 0.05) is 12.1 Å². The number of nitrogens with zero attached hydrogens (tertiary/aromatic N) is 2. The molecule has 0 amide bonds. The minimum Gasteiger partial charge on any atom is -0.465 e. The zero-order chi connectivity index (χ0) is 11.8. The number of aromatic nitrogens is 2. The number of imidazole rings is 1. The summed E-state index contributed by atoms with van der Waals surface area (Å²) in [7, 11) is 1.40. The van der Waals surface area contributed by atoms with Gasteiger partial charge in [-0.3, -0.25) is 0 Å². The number of rotatable bonds is 2. The fourth-order valence-corrected chi connectivity index (χ4v) is 2.29. The van der Waals surface area contributed by atoms with E-state index >= 15 is 0 Å².